The molecule has 2 bridgehead atoms. The highest BCUT2D eigenvalue weighted by Crippen LogP contribution is 2.43. The van der Waals surface area contributed by atoms with Gasteiger partial charge in [-0.05, 0) is 31.6 Å². The second-order valence-electron chi connectivity index (χ2n) is 4.66. The van der Waals surface area contributed by atoms with Crippen molar-refractivity contribution in [2.75, 3.05) is 0 Å². The number of carbonyl (C=O) groups is 2. The quantitative estimate of drug-likeness (QED) is 0.601. The Labute approximate surface area is 83.8 Å². The lowest BCUT2D eigenvalue weighted by atomic mass is 9.68. The lowest BCUT2D eigenvalue weighted by Crippen LogP contribution is -2.45. The highest BCUT2D eigenvalue weighted by molar-refractivity contribution is 5.81. The minimum Gasteiger partial charge on any atom is -0.459 e. The molecule has 14 heavy (non-hydrogen) atoms. The normalized spacial score (nSPS) is 36.6. The summed E-state index contributed by atoms with van der Waals surface area (Å²) in [6.07, 6.45) is 5.12. The first kappa shape index (κ1) is 9.69. The van der Waals surface area contributed by atoms with Gasteiger partial charge in [0, 0.05) is 19.8 Å². The van der Waals surface area contributed by atoms with Crippen molar-refractivity contribution in [3.8, 4) is 0 Å². The first-order valence-electron chi connectivity index (χ1n) is 5.31. The SMILES string of the molecule is CC(=O)OC12CCCC(CC(=O)C1)C2. The van der Waals surface area contributed by atoms with Crippen LogP contribution in [0.5, 0.6) is 0 Å². The van der Waals surface area contributed by atoms with E-state index in [-0.39, 0.29) is 11.8 Å². The van der Waals surface area contributed by atoms with Crippen molar-refractivity contribution in [1.82, 2.24) is 0 Å². The topological polar surface area (TPSA) is 43.4 Å². The molecule has 2 saturated carbocycles. The van der Waals surface area contributed by atoms with Crippen molar-refractivity contribution < 1.29 is 14.3 Å². The summed E-state index contributed by atoms with van der Waals surface area (Å²) in [7, 11) is 0. The summed E-state index contributed by atoms with van der Waals surface area (Å²) in [5, 5.41) is 0. The van der Waals surface area contributed by atoms with Gasteiger partial charge in [0.25, 0.3) is 0 Å². The molecule has 2 aliphatic carbocycles. The second kappa shape index (κ2) is 3.37. The lowest BCUT2D eigenvalue weighted by Gasteiger charge is -2.43. The van der Waals surface area contributed by atoms with E-state index in [2.05, 4.69) is 0 Å². The molecule has 2 unspecified atom stereocenters. The lowest BCUT2D eigenvalue weighted by molar-refractivity contribution is -0.168. The molecular weight excluding hydrogens is 180 g/mol. The standard InChI is InChI=1S/C11H16O3/c1-8(12)14-11-4-2-3-9(6-11)5-10(13)7-11/h9H,2-7H2,1H3. The van der Waals surface area contributed by atoms with Crippen LogP contribution in [0.2, 0.25) is 0 Å². The summed E-state index contributed by atoms with van der Waals surface area (Å²) in [6, 6.07) is 0. The zero-order valence-electron chi connectivity index (χ0n) is 8.54. The third kappa shape index (κ3) is 1.81. The fourth-order valence-corrected chi connectivity index (χ4v) is 2.97. The summed E-state index contributed by atoms with van der Waals surface area (Å²) in [5.74, 6) is 0.479. The van der Waals surface area contributed by atoms with E-state index in [0.29, 0.717) is 18.8 Å². The third-order valence-electron chi connectivity index (χ3n) is 3.30. The van der Waals surface area contributed by atoms with Crippen LogP contribution >= 0.6 is 0 Å². The molecule has 0 radical (unpaired) electrons. The van der Waals surface area contributed by atoms with Gasteiger partial charge in [-0.1, -0.05) is 0 Å². The predicted octanol–water partition coefficient (Wildman–Crippen LogP) is 1.84. The Kier molecular flexibility index (Phi) is 2.33. The molecule has 78 valence electrons. The van der Waals surface area contributed by atoms with Gasteiger partial charge >= 0.3 is 5.97 Å². The van der Waals surface area contributed by atoms with E-state index in [0.717, 1.165) is 25.7 Å². The molecule has 3 nitrogen and oxygen atoms in total. The molecule has 0 heterocycles. The van der Waals surface area contributed by atoms with Crippen molar-refractivity contribution in [2.45, 2.75) is 51.0 Å². The van der Waals surface area contributed by atoms with E-state index in [4.69, 9.17) is 4.74 Å². The van der Waals surface area contributed by atoms with Gasteiger partial charge in [-0.3, -0.25) is 9.59 Å². The van der Waals surface area contributed by atoms with Crippen molar-refractivity contribution in [1.29, 1.82) is 0 Å². The van der Waals surface area contributed by atoms with Crippen LogP contribution < -0.4 is 0 Å². The fourth-order valence-electron chi connectivity index (χ4n) is 2.97. The highest BCUT2D eigenvalue weighted by atomic mass is 16.6. The summed E-state index contributed by atoms with van der Waals surface area (Å²) < 4.78 is 5.36. The van der Waals surface area contributed by atoms with Gasteiger partial charge < -0.3 is 4.74 Å². The van der Waals surface area contributed by atoms with Crippen LogP contribution in [-0.2, 0) is 14.3 Å². The summed E-state index contributed by atoms with van der Waals surface area (Å²) in [5.41, 5.74) is -0.427. The fraction of sp³-hybridized carbons (Fsp3) is 0.818. The van der Waals surface area contributed by atoms with Crippen LogP contribution in [0, 0.1) is 5.92 Å². The van der Waals surface area contributed by atoms with Gasteiger partial charge in [-0.25, -0.2) is 0 Å². The molecule has 0 N–H and O–H groups in total. The third-order valence-corrected chi connectivity index (χ3v) is 3.30. The number of carbonyl (C=O) groups excluding carboxylic acids is 2. The second-order valence-corrected chi connectivity index (χ2v) is 4.66. The number of hydrogen-bond donors (Lipinski definition) is 0. The molecule has 0 aliphatic heterocycles. The average Bonchev–Trinajstić information content (AvgIpc) is 1.99. The Morgan fingerprint density at radius 1 is 1.57 bits per heavy atom. The zero-order valence-corrected chi connectivity index (χ0v) is 8.54. The number of rotatable bonds is 1. The molecule has 2 aliphatic rings. The molecule has 0 amide bonds. The molecule has 3 heteroatoms. The summed E-state index contributed by atoms with van der Waals surface area (Å²) >= 11 is 0. The van der Waals surface area contributed by atoms with Crippen LogP contribution in [0.25, 0.3) is 0 Å². The van der Waals surface area contributed by atoms with E-state index >= 15 is 0 Å². The average molecular weight is 196 g/mol. The smallest absolute Gasteiger partial charge is 0.303 e. The van der Waals surface area contributed by atoms with E-state index in [9.17, 15) is 9.59 Å². The summed E-state index contributed by atoms with van der Waals surface area (Å²) in [6.45, 7) is 1.43. The molecule has 0 aromatic carbocycles. The van der Waals surface area contributed by atoms with Gasteiger partial charge in [0.2, 0.25) is 0 Å². The number of hydrogen-bond acceptors (Lipinski definition) is 3. The monoisotopic (exact) mass is 196 g/mol. The van der Waals surface area contributed by atoms with Gasteiger partial charge in [0.05, 0.1) is 0 Å². The van der Waals surface area contributed by atoms with E-state index in [1.54, 1.807) is 0 Å². The highest BCUT2D eigenvalue weighted by Gasteiger charge is 2.45. The number of esters is 1. The van der Waals surface area contributed by atoms with Crippen LogP contribution in [0.4, 0.5) is 0 Å². The molecule has 0 saturated heterocycles. The van der Waals surface area contributed by atoms with E-state index in [1.165, 1.54) is 6.92 Å². The molecule has 0 aromatic heterocycles. The maximum absolute atomic E-state index is 11.5. The molecular formula is C11H16O3. The van der Waals surface area contributed by atoms with Crippen molar-refractivity contribution in [2.24, 2.45) is 5.92 Å². The van der Waals surface area contributed by atoms with E-state index in [1.807, 2.05) is 0 Å². The summed E-state index contributed by atoms with van der Waals surface area (Å²) in [4.78, 5) is 22.5. The molecule has 0 aromatic rings. The minimum absolute atomic E-state index is 0.250. The first-order chi connectivity index (χ1) is 6.60. The first-order valence-corrected chi connectivity index (χ1v) is 5.31. The minimum atomic E-state index is -0.427. The maximum atomic E-state index is 11.5. The van der Waals surface area contributed by atoms with Crippen molar-refractivity contribution in [3.63, 3.8) is 0 Å². The maximum Gasteiger partial charge on any atom is 0.303 e. The number of Topliss-reactive ketones (excluding diaryl/α,β-unsaturated/α-hetero) is 1. The Morgan fingerprint density at radius 2 is 2.36 bits per heavy atom. The molecule has 2 rings (SSSR count). The van der Waals surface area contributed by atoms with Crippen LogP contribution in [0.15, 0.2) is 0 Å². The molecule has 0 spiro atoms. The van der Waals surface area contributed by atoms with Crippen LogP contribution in [-0.4, -0.2) is 17.4 Å². The van der Waals surface area contributed by atoms with Gasteiger partial charge in [-0.2, -0.15) is 0 Å². The van der Waals surface area contributed by atoms with Crippen molar-refractivity contribution in [3.05, 3.63) is 0 Å². The predicted molar refractivity (Wildman–Crippen MR) is 50.7 cm³/mol. The van der Waals surface area contributed by atoms with Gasteiger partial charge in [0.1, 0.15) is 11.4 Å². The number of ether oxygens (including phenoxy) is 1. The Morgan fingerprint density at radius 3 is 3.07 bits per heavy atom. The largest absolute Gasteiger partial charge is 0.459 e. The Bertz CT molecular complexity index is 268. The van der Waals surface area contributed by atoms with Gasteiger partial charge in [0.15, 0.2) is 0 Å². The molecule has 2 fully saturated rings. The Hall–Kier alpha value is -0.860. The van der Waals surface area contributed by atoms with Crippen LogP contribution in [0.1, 0.15) is 45.4 Å². The van der Waals surface area contributed by atoms with Gasteiger partial charge in [-0.15, -0.1) is 0 Å². The number of ketones is 1. The zero-order chi connectivity index (χ0) is 10.2. The number of fused-ring (bicyclic) bond motifs is 2. The van der Waals surface area contributed by atoms with E-state index < -0.39 is 5.60 Å². The van der Waals surface area contributed by atoms with Crippen LogP contribution in [0.3, 0.4) is 0 Å². The Balaban J connectivity index is 2.14. The van der Waals surface area contributed by atoms with Crippen molar-refractivity contribution >= 4 is 11.8 Å². The molecule has 2 atom stereocenters.